The fourth-order valence-electron chi connectivity index (χ4n) is 3.74. The normalized spacial score (nSPS) is 20.5. The standard InChI is InChI=1S/C23H29F5/c1-2-3-4-5-6-7-18-8-10-19(11-9-18)12-13-20-14-16-21(17-15-20)22(24,25)23(26,27)28/h14-19H,2-11H2,1H3/t18-,19-. The second kappa shape index (κ2) is 10.3. The molecule has 1 aromatic rings. The average molecular weight is 400 g/mol. The molecule has 1 aliphatic rings. The van der Waals surface area contributed by atoms with Gasteiger partial charge in [0.05, 0.1) is 0 Å². The molecule has 0 bridgehead atoms. The summed E-state index contributed by atoms with van der Waals surface area (Å²) in [6, 6.07) is 4.10. The molecule has 1 aromatic carbocycles. The summed E-state index contributed by atoms with van der Waals surface area (Å²) in [6.45, 7) is 2.22. The summed E-state index contributed by atoms with van der Waals surface area (Å²) < 4.78 is 63.8. The van der Waals surface area contributed by atoms with Crippen LogP contribution >= 0.6 is 0 Å². The van der Waals surface area contributed by atoms with Gasteiger partial charge in [0.1, 0.15) is 0 Å². The van der Waals surface area contributed by atoms with Gasteiger partial charge in [0, 0.05) is 17.0 Å². The van der Waals surface area contributed by atoms with Gasteiger partial charge in [-0.3, -0.25) is 0 Å². The minimum atomic E-state index is -5.59. The van der Waals surface area contributed by atoms with E-state index in [9.17, 15) is 22.0 Å². The van der Waals surface area contributed by atoms with Gasteiger partial charge >= 0.3 is 12.1 Å². The Bertz CT molecular complexity index is 640. The number of hydrogen-bond acceptors (Lipinski definition) is 0. The van der Waals surface area contributed by atoms with Crippen molar-refractivity contribution in [2.75, 3.05) is 0 Å². The zero-order chi connectivity index (χ0) is 20.6. The van der Waals surface area contributed by atoms with Crippen molar-refractivity contribution < 1.29 is 22.0 Å². The first-order valence-electron chi connectivity index (χ1n) is 10.3. The molecule has 28 heavy (non-hydrogen) atoms. The Morgan fingerprint density at radius 3 is 2.04 bits per heavy atom. The van der Waals surface area contributed by atoms with Crippen LogP contribution in [0.3, 0.4) is 0 Å². The Kier molecular flexibility index (Phi) is 8.34. The van der Waals surface area contributed by atoms with E-state index in [0.717, 1.165) is 30.9 Å². The third-order valence-electron chi connectivity index (χ3n) is 5.59. The summed E-state index contributed by atoms with van der Waals surface area (Å²) in [6.07, 6.45) is 6.64. The lowest BCUT2D eigenvalue weighted by Gasteiger charge is -2.25. The Hall–Kier alpha value is -1.57. The monoisotopic (exact) mass is 400 g/mol. The van der Waals surface area contributed by atoms with E-state index >= 15 is 0 Å². The molecule has 0 heterocycles. The van der Waals surface area contributed by atoms with Crippen LogP contribution in [0, 0.1) is 23.7 Å². The molecule has 0 N–H and O–H groups in total. The van der Waals surface area contributed by atoms with Crippen LogP contribution in [0.25, 0.3) is 0 Å². The second-order valence-electron chi connectivity index (χ2n) is 7.84. The molecule has 0 nitrogen and oxygen atoms in total. The third-order valence-corrected chi connectivity index (χ3v) is 5.59. The van der Waals surface area contributed by atoms with Gasteiger partial charge in [-0.2, -0.15) is 22.0 Å². The number of benzene rings is 1. The Morgan fingerprint density at radius 2 is 1.46 bits per heavy atom. The van der Waals surface area contributed by atoms with Crippen molar-refractivity contribution in [1.82, 2.24) is 0 Å². The van der Waals surface area contributed by atoms with Crippen molar-refractivity contribution in [3.63, 3.8) is 0 Å². The highest BCUT2D eigenvalue weighted by Crippen LogP contribution is 2.43. The molecule has 0 amide bonds. The average Bonchev–Trinajstić information content (AvgIpc) is 2.66. The molecule has 0 atom stereocenters. The molecule has 1 aliphatic carbocycles. The van der Waals surface area contributed by atoms with Crippen LogP contribution in [0.4, 0.5) is 22.0 Å². The minimum Gasteiger partial charge on any atom is -0.191 e. The first-order chi connectivity index (χ1) is 13.2. The number of unbranched alkanes of at least 4 members (excludes halogenated alkanes) is 4. The van der Waals surface area contributed by atoms with E-state index in [-0.39, 0.29) is 5.92 Å². The molecule has 5 heteroatoms. The van der Waals surface area contributed by atoms with E-state index in [1.807, 2.05) is 0 Å². The first-order valence-corrected chi connectivity index (χ1v) is 10.3. The maximum Gasteiger partial charge on any atom is 0.458 e. The third kappa shape index (κ3) is 6.50. The van der Waals surface area contributed by atoms with Gasteiger partial charge in [-0.1, -0.05) is 69.4 Å². The molecule has 2 rings (SSSR count). The predicted octanol–water partition coefficient (Wildman–Crippen LogP) is 7.86. The van der Waals surface area contributed by atoms with Gasteiger partial charge in [-0.25, -0.2) is 0 Å². The van der Waals surface area contributed by atoms with E-state index in [1.165, 1.54) is 63.5 Å². The molecule has 1 fully saturated rings. The molecule has 0 spiro atoms. The lowest BCUT2D eigenvalue weighted by atomic mass is 9.80. The van der Waals surface area contributed by atoms with Gasteiger partial charge < -0.3 is 0 Å². The van der Waals surface area contributed by atoms with E-state index in [4.69, 9.17) is 0 Å². The Balaban J connectivity index is 1.80. The quantitative estimate of drug-likeness (QED) is 0.248. The number of hydrogen-bond donors (Lipinski definition) is 0. The van der Waals surface area contributed by atoms with Crippen molar-refractivity contribution in [3.8, 4) is 11.8 Å². The van der Waals surface area contributed by atoms with Gasteiger partial charge in [-0.15, -0.1) is 0 Å². The summed E-state index contributed by atoms with van der Waals surface area (Å²) in [4.78, 5) is 0. The Morgan fingerprint density at radius 1 is 0.857 bits per heavy atom. The summed E-state index contributed by atoms with van der Waals surface area (Å²) in [7, 11) is 0. The van der Waals surface area contributed by atoms with E-state index in [2.05, 4.69) is 18.8 Å². The smallest absolute Gasteiger partial charge is 0.191 e. The van der Waals surface area contributed by atoms with Crippen LogP contribution in [0.5, 0.6) is 0 Å². The van der Waals surface area contributed by atoms with Crippen molar-refractivity contribution >= 4 is 0 Å². The molecule has 0 aromatic heterocycles. The molecular weight excluding hydrogens is 371 g/mol. The molecule has 0 unspecified atom stereocenters. The highest BCUT2D eigenvalue weighted by atomic mass is 19.4. The summed E-state index contributed by atoms with van der Waals surface area (Å²) >= 11 is 0. The zero-order valence-corrected chi connectivity index (χ0v) is 16.4. The van der Waals surface area contributed by atoms with Crippen molar-refractivity contribution in [2.24, 2.45) is 11.8 Å². The topological polar surface area (TPSA) is 0 Å². The number of rotatable bonds is 7. The highest BCUT2D eigenvalue weighted by Gasteiger charge is 2.58. The maximum absolute atomic E-state index is 13.3. The van der Waals surface area contributed by atoms with Crippen LogP contribution in [0.2, 0.25) is 0 Å². The van der Waals surface area contributed by atoms with Crippen LogP contribution in [0.1, 0.15) is 82.3 Å². The van der Waals surface area contributed by atoms with E-state index in [1.54, 1.807) is 0 Å². The lowest BCUT2D eigenvalue weighted by Crippen LogP contribution is -2.33. The molecular formula is C23H29F5. The molecule has 0 saturated heterocycles. The molecule has 156 valence electrons. The minimum absolute atomic E-state index is 0.285. The lowest BCUT2D eigenvalue weighted by molar-refractivity contribution is -0.289. The summed E-state index contributed by atoms with van der Waals surface area (Å²) in [5.41, 5.74) is -0.579. The van der Waals surface area contributed by atoms with E-state index < -0.39 is 17.7 Å². The van der Waals surface area contributed by atoms with Gasteiger partial charge in [-0.05, 0) is 43.7 Å². The zero-order valence-electron chi connectivity index (χ0n) is 16.4. The van der Waals surface area contributed by atoms with Crippen LogP contribution in [-0.2, 0) is 5.92 Å². The number of halogens is 5. The van der Waals surface area contributed by atoms with Gasteiger partial charge in [0.25, 0.3) is 0 Å². The fraction of sp³-hybridized carbons (Fsp3) is 0.652. The number of alkyl halides is 5. The van der Waals surface area contributed by atoms with Crippen LogP contribution in [-0.4, -0.2) is 6.18 Å². The van der Waals surface area contributed by atoms with Crippen LogP contribution in [0.15, 0.2) is 24.3 Å². The van der Waals surface area contributed by atoms with Crippen molar-refractivity contribution in [2.45, 2.75) is 83.2 Å². The van der Waals surface area contributed by atoms with Crippen molar-refractivity contribution in [1.29, 1.82) is 0 Å². The van der Waals surface area contributed by atoms with Gasteiger partial charge in [0.15, 0.2) is 0 Å². The second-order valence-corrected chi connectivity index (χ2v) is 7.84. The molecule has 0 radical (unpaired) electrons. The summed E-state index contributed by atoms with van der Waals surface area (Å²) in [5, 5.41) is 0. The fourth-order valence-corrected chi connectivity index (χ4v) is 3.74. The molecule has 0 aliphatic heterocycles. The SMILES string of the molecule is CCCCCCC[C@H]1CC[C@H](C#Cc2ccc(C(F)(F)C(F)(F)F)cc2)CC1. The summed E-state index contributed by atoms with van der Waals surface area (Å²) in [5.74, 6) is 2.33. The first kappa shape index (κ1) is 22.7. The Labute approximate surface area is 164 Å². The predicted molar refractivity (Wildman–Crippen MR) is 102 cm³/mol. The maximum atomic E-state index is 13.3. The van der Waals surface area contributed by atoms with Gasteiger partial charge in [0.2, 0.25) is 0 Å². The van der Waals surface area contributed by atoms with Crippen molar-refractivity contribution in [3.05, 3.63) is 35.4 Å². The highest BCUT2D eigenvalue weighted by molar-refractivity contribution is 5.38. The largest absolute Gasteiger partial charge is 0.458 e. The van der Waals surface area contributed by atoms with Crippen LogP contribution < -0.4 is 0 Å². The van der Waals surface area contributed by atoms with E-state index in [0.29, 0.717) is 5.56 Å². The molecule has 1 saturated carbocycles.